The predicted octanol–water partition coefficient (Wildman–Crippen LogP) is 7.12. The van der Waals surface area contributed by atoms with Gasteiger partial charge in [0.05, 0.1) is 34.2 Å². The van der Waals surface area contributed by atoms with Crippen molar-refractivity contribution >= 4 is 61.8 Å². The van der Waals surface area contributed by atoms with E-state index >= 15 is 4.39 Å². The van der Waals surface area contributed by atoms with Crippen LogP contribution in [0.1, 0.15) is 49.8 Å². The van der Waals surface area contributed by atoms with Gasteiger partial charge in [0.25, 0.3) is 0 Å². The summed E-state index contributed by atoms with van der Waals surface area (Å²) in [6.07, 6.45) is 3.60. The number of piperidine rings is 1. The Labute approximate surface area is 270 Å². The second kappa shape index (κ2) is 12.2. The molecule has 2 aliphatic heterocycles. The number of aromatic nitrogens is 2. The molecule has 0 bridgehead atoms. The number of fused-ring (bicyclic) bond motifs is 2. The molecule has 3 fully saturated rings. The Hall–Kier alpha value is -3.55. The van der Waals surface area contributed by atoms with Gasteiger partial charge in [-0.15, -0.1) is 11.3 Å². The van der Waals surface area contributed by atoms with Crippen molar-refractivity contribution in [1.82, 2.24) is 19.8 Å². The lowest BCUT2D eigenvalue weighted by atomic mass is 9.84. The van der Waals surface area contributed by atoms with Gasteiger partial charge in [-0.2, -0.15) is 13.2 Å². The molecule has 46 heavy (non-hydrogen) atoms. The second-order valence-corrected chi connectivity index (χ2v) is 13.8. The highest BCUT2D eigenvalue weighted by molar-refractivity contribution is 7.19. The molecule has 7 rings (SSSR count). The molecule has 1 spiro atoms. The van der Waals surface area contributed by atoms with Crippen LogP contribution >= 0.6 is 22.9 Å². The Bertz CT molecular complexity index is 1830. The van der Waals surface area contributed by atoms with Gasteiger partial charge in [-0.1, -0.05) is 24.4 Å². The highest BCUT2D eigenvalue weighted by Crippen LogP contribution is 2.48. The normalized spacial score (nSPS) is 19.3. The molecule has 0 atom stereocenters. The maximum atomic E-state index is 15.7. The number of amides is 2. The SMILES string of the molecule is O=C(O)C(F)(F)F.O=C1CC2(CCCC2)C(=O)N1Cc1cc2nccc(-c3cc(Cl)cc4ccn(CC5(F)CCNCC5)c34)c2s1. The quantitative estimate of drug-likeness (QED) is 0.172. The van der Waals surface area contributed by atoms with Crippen LogP contribution in [0, 0.1) is 5.41 Å². The van der Waals surface area contributed by atoms with Crippen molar-refractivity contribution in [1.29, 1.82) is 0 Å². The van der Waals surface area contributed by atoms with E-state index in [0.717, 1.165) is 62.8 Å². The van der Waals surface area contributed by atoms with Gasteiger partial charge in [-0.25, -0.2) is 9.18 Å². The number of rotatable bonds is 5. The minimum atomic E-state index is -5.08. The van der Waals surface area contributed by atoms with Gasteiger partial charge in [0.2, 0.25) is 11.8 Å². The van der Waals surface area contributed by atoms with Crippen LogP contribution in [0.5, 0.6) is 0 Å². The van der Waals surface area contributed by atoms with Gasteiger partial charge >= 0.3 is 12.1 Å². The van der Waals surface area contributed by atoms with E-state index < -0.39 is 23.2 Å². The number of carbonyl (C=O) groups excluding carboxylic acids is 2. The number of carboxylic acids is 1. The average molecular weight is 679 g/mol. The molecule has 8 nitrogen and oxygen atoms in total. The maximum Gasteiger partial charge on any atom is 0.490 e. The summed E-state index contributed by atoms with van der Waals surface area (Å²) >= 11 is 8.13. The third-order valence-electron chi connectivity index (χ3n) is 9.14. The fourth-order valence-corrected chi connectivity index (χ4v) is 8.24. The van der Waals surface area contributed by atoms with Crippen molar-refractivity contribution in [3.05, 3.63) is 52.6 Å². The molecule has 244 valence electrons. The first-order chi connectivity index (χ1) is 21.8. The minimum Gasteiger partial charge on any atom is -0.475 e. The van der Waals surface area contributed by atoms with Gasteiger partial charge in [-0.05, 0) is 69.1 Å². The Morgan fingerprint density at radius 1 is 1.07 bits per heavy atom. The highest BCUT2D eigenvalue weighted by Gasteiger charge is 2.52. The summed E-state index contributed by atoms with van der Waals surface area (Å²) in [5, 5.41) is 12.0. The standard InChI is InChI=1S/C30H30ClFN4O2S.C2HF3O2/c31-20-13-19-4-12-35(18-30(32)7-10-33-11-8-30)26(19)23(14-20)22-3-9-34-24-15-21(39-27(22)24)17-36-25(37)16-29(28(36)38)5-1-2-6-29;3-2(4,5)1(6)7/h3-4,9,12-15,33H,1-2,5-8,10-11,16-18H2;(H,6,7). The number of hydrogen-bond donors (Lipinski definition) is 2. The highest BCUT2D eigenvalue weighted by atomic mass is 35.5. The number of hydrogen-bond acceptors (Lipinski definition) is 6. The van der Waals surface area contributed by atoms with E-state index in [1.807, 2.05) is 41.1 Å². The number of benzene rings is 1. The summed E-state index contributed by atoms with van der Waals surface area (Å²) in [6.45, 7) is 1.93. The average Bonchev–Trinajstić information content (AvgIpc) is 3.77. The van der Waals surface area contributed by atoms with E-state index in [2.05, 4.69) is 10.3 Å². The van der Waals surface area contributed by atoms with Crippen LogP contribution in [0.25, 0.3) is 32.2 Å². The van der Waals surface area contributed by atoms with E-state index in [1.54, 1.807) is 17.5 Å². The van der Waals surface area contributed by atoms with Crippen molar-refractivity contribution < 1.29 is 37.1 Å². The number of nitrogens with one attached hydrogen (secondary N) is 1. The van der Waals surface area contributed by atoms with E-state index in [1.165, 1.54) is 4.90 Å². The predicted molar refractivity (Wildman–Crippen MR) is 166 cm³/mol. The van der Waals surface area contributed by atoms with Crippen LogP contribution in [0.2, 0.25) is 5.02 Å². The van der Waals surface area contributed by atoms with Crippen molar-refractivity contribution in [2.75, 3.05) is 13.1 Å². The summed E-state index contributed by atoms with van der Waals surface area (Å²) < 4.78 is 50.5. The van der Waals surface area contributed by atoms with Crippen LogP contribution in [0.15, 0.2) is 42.7 Å². The second-order valence-electron chi connectivity index (χ2n) is 12.3. The topological polar surface area (TPSA) is 105 Å². The van der Waals surface area contributed by atoms with E-state index in [-0.39, 0.29) is 24.9 Å². The lowest BCUT2D eigenvalue weighted by Gasteiger charge is -2.31. The van der Waals surface area contributed by atoms with Crippen LogP contribution in [0.4, 0.5) is 17.6 Å². The van der Waals surface area contributed by atoms with Crippen LogP contribution in [-0.2, 0) is 27.5 Å². The van der Waals surface area contributed by atoms with E-state index in [4.69, 9.17) is 21.5 Å². The van der Waals surface area contributed by atoms with Gasteiger partial charge in [0, 0.05) is 45.2 Å². The fourth-order valence-electron chi connectivity index (χ4n) is 6.88. The lowest BCUT2D eigenvalue weighted by molar-refractivity contribution is -0.192. The third-order valence-corrected chi connectivity index (χ3v) is 10.5. The number of halogens is 5. The molecule has 0 radical (unpaired) electrons. The Morgan fingerprint density at radius 2 is 1.76 bits per heavy atom. The van der Waals surface area contributed by atoms with E-state index in [9.17, 15) is 22.8 Å². The summed E-state index contributed by atoms with van der Waals surface area (Å²) in [4.78, 5) is 42.0. The van der Waals surface area contributed by atoms with Crippen LogP contribution < -0.4 is 5.32 Å². The van der Waals surface area contributed by atoms with E-state index in [0.29, 0.717) is 37.4 Å². The van der Waals surface area contributed by atoms with Gasteiger partial charge in [0.1, 0.15) is 5.67 Å². The number of carboxylic acid groups (broad SMARTS) is 1. The molecule has 2 saturated heterocycles. The molecule has 3 aliphatic rings. The maximum absolute atomic E-state index is 15.7. The molecule has 2 amide bonds. The number of likely N-dealkylation sites (tertiary alicyclic amines) is 1. The molecule has 14 heteroatoms. The zero-order chi connectivity index (χ0) is 32.9. The lowest BCUT2D eigenvalue weighted by Crippen LogP contribution is -2.41. The van der Waals surface area contributed by atoms with Crippen LogP contribution in [-0.4, -0.2) is 62.3 Å². The van der Waals surface area contributed by atoms with Gasteiger partial charge in [-0.3, -0.25) is 19.5 Å². The van der Waals surface area contributed by atoms with Crippen molar-refractivity contribution in [3.8, 4) is 11.1 Å². The van der Waals surface area contributed by atoms with Crippen molar-refractivity contribution in [2.24, 2.45) is 5.41 Å². The monoisotopic (exact) mass is 678 g/mol. The van der Waals surface area contributed by atoms with Crippen molar-refractivity contribution in [2.45, 2.75) is 69.9 Å². The fraction of sp³-hybridized carbons (Fsp3) is 0.438. The molecule has 4 aromatic rings. The smallest absolute Gasteiger partial charge is 0.475 e. The number of carbonyl (C=O) groups is 3. The van der Waals surface area contributed by atoms with Crippen molar-refractivity contribution in [3.63, 3.8) is 0 Å². The number of alkyl halides is 4. The van der Waals surface area contributed by atoms with Gasteiger partial charge < -0.3 is 15.0 Å². The number of nitrogens with zero attached hydrogens (tertiary/aromatic N) is 3. The zero-order valence-electron chi connectivity index (χ0n) is 24.6. The molecular formula is C32H31ClF4N4O4S. The van der Waals surface area contributed by atoms with Crippen LogP contribution in [0.3, 0.4) is 0 Å². The Balaban J connectivity index is 0.000000480. The number of imide groups is 1. The minimum absolute atomic E-state index is 0.0110. The first-order valence-corrected chi connectivity index (χ1v) is 16.2. The molecule has 1 saturated carbocycles. The first-order valence-electron chi connectivity index (χ1n) is 15.0. The number of thiophene rings is 1. The largest absolute Gasteiger partial charge is 0.490 e. The molecule has 5 heterocycles. The molecular weight excluding hydrogens is 648 g/mol. The Morgan fingerprint density at radius 3 is 2.43 bits per heavy atom. The number of pyridine rings is 1. The molecule has 0 unspecified atom stereocenters. The summed E-state index contributed by atoms with van der Waals surface area (Å²) in [5.41, 5.74) is 1.92. The summed E-state index contributed by atoms with van der Waals surface area (Å²) in [6, 6.07) is 9.82. The summed E-state index contributed by atoms with van der Waals surface area (Å²) in [7, 11) is 0. The zero-order valence-corrected chi connectivity index (χ0v) is 26.2. The first kappa shape index (κ1) is 32.4. The Kier molecular flexibility index (Phi) is 8.62. The molecule has 3 aromatic heterocycles. The summed E-state index contributed by atoms with van der Waals surface area (Å²) in [5.74, 6) is -2.84. The van der Waals surface area contributed by atoms with Gasteiger partial charge in [0.15, 0.2) is 0 Å². The molecule has 1 aromatic carbocycles. The molecule has 2 N–H and O–H groups in total. The third kappa shape index (κ3) is 6.24. The number of aliphatic carboxylic acids is 1. The molecule has 1 aliphatic carbocycles.